The second-order valence-corrected chi connectivity index (χ2v) is 3.93. The molecular formula is C13H16FNO3. The van der Waals surface area contributed by atoms with Gasteiger partial charge in [0.1, 0.15) is 17.3 Å². The molecule has 0 radical (unpaired) electrons. The molecule has 98 valence electrons. The fraction of sp³-hybridized carbons (Fsp3) is 0.385. The number of ketones is 1. The Labute approximate surface area is 105 Å². The lowest BCUT2D eigenvalue weighted by Crippen LogP contribution is -2.23. The van der Waals surface area contributed by atoms with Gasteiger partial charge in [0.25, 0.3) is 0 Å². The Morgan fingerprint density at radius 1 is 1.33 bits per heavy atom. The first-order chi connectivity index (χ1) is 8.52. The lowest BCUT2D eigenvalue weighted by Gasteiger charge is -2.09. The topological polar surface area (TPSA) is 55.4 Å². The summed E-state index contributed by atoms with van der Waals surface area (Å²) in [4.78, 5) is 22.1. The van der Waals surface area contributed by atoms with Gasteiger partial charge in [-0.25, -0.2) is 4.39 Å². The van der Waals surface area contributed by atoms with Gasteiger partial charge >= 0.3 is 0 Å². The Bertz CT molecular complexity index is 446. The van der Waals surface area contributed by atoms with Gasteiger partial charge in [-0.05, 0) is 25.1 Å². The largest absolute Gasteiger partial charge is 0.496 e. The van der Waals surface area contributed by atoms with Gasteiger partial charge in [-0.3, -0.25) is 4.79 Å². The van der Waals surface area contributed by atoms with Gasteiger partial charge in [0.15, 0.2) is 0 Å². The summed E-state index contributed by atoms with van der Waals surface area (Å²) in [5.41, 5.74) is 0.564. The van der Waals surface area contributed by atoms with E-state index >= 15 is 0 Å². The van der Waals surface area contributed by atoms with Gasteiger partial charge in [-0.15, -0.1) is 0 Å². The fourth-order valence-electron chi connectivity index (χ4n) is 1.46. The van der Waals surface area contributed by atoms with Crippen molar-refractivity contribution in [3.05, 3.63) is 29.6 Å². The van der Waals surface area contributed by atoms with Gasteiger partial charge in [-0.1, -0.05) is 0 Å². The standard InChI is InChI=1S/C13H16FNO3/c1-9(16)3-6-13(17)15-8-10-7-11(14)4-5-12(10)18-2/h4-5,7H,3,6,8H2,1-2H3,(H,15,17). The maximum Gasteiger partial charge on any atom is 0.220 e. The molecule has 0 aliphatic rings. The number of benzene rings is 1. The van der Waals surface area contributed by atoms with Gasteiger partial charge in [0, 0.05) is 24.9 Å². The third-order valence-corrected chi connectivity index (χ3v) is 2.42. The summed E-state index contributed by atoms with van der Waals surface area (Å²) in [5, 5.41) is 2.62. The van der Waals surface area contributed by atoms with Crippen molar-refractivity contribution in [2.75, 3.05) is 7.11 Å². The zero-order valence-corrected chi connectivity index (χ0v) is 10.5. The summed E-state index contributed by atoms with van der Waals surface area (Å²) < 4.78 is 18.1. The molecule has 0 aliphatic heterocycles. The molecule has 4 nitrogen and oxygen atoms in total. The van der Waals surface area contributed by atoms with Crippen molar-refractivity contribution in [1.82, 2.24) is 5.32 Å². The number of nitrogens with one attached hydrogen (secondary N) is 1. The van der Waals surface area contributed by atoms with E-state index in [2.05, 4.69) is 5.32 Å². The van der Waals surface area contributed by atoms with Crippen LogP contribution < -0.4 is 10.1 Å². The van der Waals surface area contributed by atoms with Crippen molar-refractivity contribution < 1.29 is 18.7 Å². The first kappa shape index (κ1) is 14.2. The highest BCUT2D eigenvalue weighted by atomic mass is 19.1. The van der Waals surface area contributed by atoms with E-state index in [1.807, 2.05) is 0 Å². The number of hydrogen-bond acceptors (Lipinski definition) is 3. The Kier molecular flexibility index (Phi) is 5.30. The van der Waals surface area contributed by atoms with E-state index in [1.165, 1.54) is 32.2 Å². The molecule has 0 atom stereocenters. The number of methoxy groups -OCH3 is 1. The first-order valence-electron chi connectivity index (χ1n) is 5.61. The van der Waals surface area contributed by atoms with Crippen molar-refractivity contribution in [2.24, 2.45) is 0 Å². The third-order valence-electron chi connectivity index (χ3n) is 2.42. The van der Waals surface area contributed by atoms with Crippen LogP contribution in [-0.2, 0) is 16.1 Å². The molecule has 0 aliphatic carbocycles. The molecule has 0 bridgehead atoms. The van der Waals surface area contributed by atoms with Crippen LogP contribution in [-0.4, -0.2) is 18.8 Å². The molecule has 1 rings (SSSR count). The smallest absolute Gasteiger partial charge is 0.220 e. The molecule has 1 aromatic rings. The van der Waals surface area contributed by atoms with Crippen molar-refractivity contribution >= 4 is 11.7 Å². The molecule has 1 aromatic carbocycles. The van der Waals surface area contributed by atoms with Gasteiger partial charge in [0.2, 0.25) is 5.91 Å². The van der Waals surface area contributed by atoms with Crippen LogP contribution in [0.4, 0.5) is 4.39 Å². The average molecular weight is 253 g/mol. The number of hydrogen-bond donors (Lipinski definition) is 1. The summed E-state index contributed by atoms with van der Waals surface area (Å²) in [7, 11) is 1.48. The quantitative estimate of drug-likeness (QED) is 0.841. The number of rotatable bonds is 6. The van der Waals surface area contributed by atoms with Crippen LogP contribution >= 0.6 is 0 Å². The molecular weight excluding hydrogens is 237 g/mol. The monoisotopic (exact) mass is 253 g/mol. The zero-order valence-electron chi connectivity index (χ0n) is 10.5. The number of amides is 1. The van der Waals surface area contributed by atoms with Crippen molar-refractivity contribution in [3.8, 4) is 5.75 Å². The minimum absolute atomic E-state index is 0.0338. The molecule has 0 saturated heterocycles. The van der Waals surface area contributed by atoms with E-state index in [0.29, 0.717) is 11.3 Å². The van der Waals surface area contributed by atoms with Crippen LogP contribution in [0.5, 0.6) is 5.75 Å². The summed E-state index contributed by atoms with van der Waals surface area (Å²) >= 11 is 0. The van der Waals surface area contributed by atoms with Crippen LogP contribution in [0.1, 0.15) is 25.3 Å². The van der Waals surface area contributed by atoms with Gasteiger partial charge < -0.3 is 14.8 Å². The molecule has 18 heavy (non-hydrogen) atoms. The maximum absolute atomic E-state index is 13.0. The Balaban J connectivity index is 2.54. The summed E-state index contributed by atoms with van der Waals surface area (Å²) in [5.74, 6) is -0.142. The summed E-state index contributed by atoms with van der Waals surface area (Å²) in [6, 6.07) is 4.11. The van der Waals surface area contributed by atoms with Crippen molar-refractivity contribution in [2.45, 2.75) is 26.3 Å². The predicted molar refractivity (Wildman–Crippen MR) is 64.7 cm³/mol. The third kappa shape index (κ3) is 4.53. The Morgan fingerprint density at radius 2 is 2.06 bits per heavy atom. The van der Waals surface area contributed by atoms with E-state index in [9.17, 15) is 14.0 Å². The molecule has 1 N–H and O–H groups in total. The number of Topliss-reactive ketones (excluding diaryl/α,β-unsaturated/α-hetero) is 1. The molecule has 0 aromatic heterocycles. The van der Waals surface area contributed by atoms with Gasteiger partial charge in [0.05, 0.1) is 7.11 Å². The van der Waals surface area contributed by atoms with Crippen LogP contribution in [0.15, 0.2) is 18.2 Å². The van der Waals surface area contributed by atoms with E-state index in [4.69, 9.17) is 4.74 Å². The van der Waals surface area contributed by atoms with Crippen LogP contribution in [0.25, 0.3) is 0 Å². The predicted octanol–water partition coefficient (Wildman–Crippen LogP) is 1.82. The molecule has 0 saturated carbocycles. The molecule has 1 amide bonds. The normalized spacial score (nSPS) is 9.94. The van der Waals surface area contributed by atoms with E-state index in [1.54, 1.807) is 0 Å². The number of carbonyl (C=O) groups is 2. The second-order valence-electron chi connectivity index (χ2n) is 3.93. The number of carbonyl (C=O) groups excluding carboxylic acids is 2. The minimum Gasteiger partial charge on any atom is -0.496 e. The van der Waals surface area contributed by atoms with Crippen LogP contribution in [0, 0.1) is 5.82 Å². The molecule has 0 spiro atoms. The average Bonchev–Trinajstić information content (AvgIpc) is 2.34. The van der Waals surface area contributed by atoms with E-state index in [0.717, 1.165) is 0 Å². The lowest BCUT2D eigenvalue weighted by atomic mass is 10.2. The molecule has 0 unspecified atom stereocenters. The highest BCUT2D eigenvalue weighted by Crippen LogP contribution is 2.18. The van der Waals surface area contributed by atoms with Gasteiger partial charge in [-0.2, -0.15) is 0 Å². The Hall–Kier alpha value is -1.91. The van der Waals surface area contributed by atoms with E-state index in [-0.39, 0.29) is 36.9 Å². The molecule has 0 fully saturated rings. The first-order valence-corrected chi connectivity index (χ1v) is 5.61. The summed E-state index contributed by atoms with van der Waals surface area (Å²) in [6.07, 6.45) is 0.360. The fourth-order valence-corrected chi connectivity index (χ4v) is 1.46. The van der Waals surface area contributed by atoms with Crippen molar-refractivity contribution in [3.63, 3.8) is 0 Å². The van der Waals surface area contributed by atoms with E-state index < -0.39 is 0 Å². The Morgan fingerprint density at radius 3 is 2.67 bits per heavy atom. The second kappa shape index (κ2) is 6.74. The molecule has 5 heteroatoms. The molecule has 0 heterocycles. The highest BCUT2D eigenvalue weighted by molar-refractivity contribution is 5.83. The maximum atomic E-state index is 13.0. The van der Waals surface area contributed by atoms with Crippen LogP contribution in [0.2, 0.25) is 0 Å². The van der Waals surface area contributed by atoms with Crippen LogP contribution in [0.3, 0.4) is 0 Å². The zero-order chi connectivity index (χ0) is 13.5. The minimum atomic E-state index is -0.385. The van der Waals surface area contributed by atoms with Crippen molar-refractivity contribution in [1.29, 1.82) is 0 Å². The highest BCUT2D eigenvalue weighted by Gasteiger charge is 2.07. The number of halogens is 1. The summed E-state index contributed by atoms with van der Waals surface area (Å²) in [6.45, 7) is 1.61. The lowest BCUT2D eigenvalue weighted by molar-refractivity contribution is -0.124. The number of ether oxygens (including phenoxy) is 1. The SMILES string of the molecule is COc1ccc(F)cc1CNC(=O)CCC(C)=O.